The molecule has 0 aliphatic heterocycles. The highest BCUT2D eigenvalue weighted by Crippen LogP contribution is 2.26. The maximum Gasteiger partial charge on any atom is 0.124 e. The second kappa shape index (κ2) is 8.24. The number of hydrogen-bond acceptors (Lipinski definition) is 2. The highest BCUT2D eigenvalue weighted by atomic mass is 35.5. The number of ether oxygens (including phenoxy) is 1. The monoisotopic (exact) mass is 369 g/mol. The fraction of sp³-hybridized carbons (Fsp3) is 0.182. The second-order valence-corrected chi connectivity index (χ2v) is 6.70. The summed E-state index contributed by atoms with van der Waals surface area (Å²) >= 11 is 6.16. The standard InChI is InChI=1S/C22H21ClFNO/c1-15-4-3-5-21(16(15)2)25-13-18-12-19(23)8-11-22(18)26-14-17-6-9-20(24)10-7-17/h3-12,25H,13-14H2,1-2H3. The first-order chi connectivity index (χ1) is 12.5. The fourth-order valence-electron chi connectivity index (χ4n) is 2.70. The van der Waals surface area contributed by atoms with E-state index in [1.807, 2.05) is 24.3 Å². The maximum absolute atomic E-state index is 13.0. The molecule has 0 saturated carbocycles. The van der Waals surface area contributed by atoms with Gasteiger partial charge in [-0.1, -0.05) is 35.9 Å². The SMILES string of the molecule is Cc1cccc(NCc2cc(Cl)ccc2OCc2ccc(F)cc2)c1C. The molecule has 0 heterocycles. The Morgan fingerprint density at radius 1 is 1.00 bits per heavy atom. The topological polar surface area (TPSA) is 21.3 Å². The van der Waals surface area contributed by atoms with E-state index in [9.17, 15) is 4.39 Å². The zero-order valence-electron chi connectivity index (χ0n) is 14.9. The van der Waals surface area contributed by atoms with Gasteiger partial charge in [0.25, 0.3) is 0 Å². The van der Waals surface area contributed by atoms with Crippen LogP contribution in [0.4, 0.5) is 10.1 Å². The van der Waals surface area contributed by atoms with E-state index in [1.165, 1.54) is 23.3 Å². The number of aryl methyl sites for hydroxylation is 1. The lowest BCUT2D eigenvalue weighted by Crippen LogP contribution is -2.05. The summed E-state index contributed by atoms with van der Waals surface area (Å²) in [6.45, 7) is 5.17. The first-order valence-electron chi connectivity index (χ1n) is 8.48. The highest BCUT2D eigenvalue weighted by molar-refractivity contribution is 6.30. The van der Waals surface area contributed by atoms with E-state index >= 15 is 0 Å². The van der Waals surface area contributed by atoms with Crippen LogP contribution in [0.3, 0.4) is 0 Å². The first kappa shape index (κ1) is 18.3. The van der Waals surface area contributed by atoms with Crippen molar-refractivity contribution in [3.8, 4) is 5.75 Å². The lowest BCUT2D eigenvalue weighted by atomic mass is 10.1. The van der Waals surface area contributed by atoms with Crippen LogP contribution >= 0.6 is 11.6 Å². The average Bonchev–Trinajstić information content (AvgIpc) is 2.63. The third kappa shape index (κ3) is 4.55. The van der Waals surface area contributed by atoms with Gasteiger partial charge in [0.1, 0.15) is 18.2 Å². The minimum Gasteiger partial charge on any atom is -0.489 e. The minimum atomic E-state index is -0.251. The van der Waals surface area contributed by atoms with Crippen LogP contribution in [-0.4, -0.2) is 0 Å². The molecule has 0 spiro atoms. The van der Waals surface area contributed by atoms with Crippen LogP contribution in [0.2, 0.25) is 5.02 Å². The number of hydrogen-bond donors (Lipinski definition) is 1. The van der Waals surface area contributed by atoms with E-state index in [2.05, 4.69) is 31.3 Å². The molecule has 2 nitrogen and oxygen atoms in total. The second-order valence-electron chi connectivity index (χ2n) is 6.27. The van der Waals surface area contributed by atoms with Gasteiger partial charge < -0.3 is 10.1 Å². The number of nitrogens with one attached hydrogen (secondary N) is 1. The number of benzene rings is 3. The molecule has 0 bridgehead atoms. The molecular formula is C22H21ClFNO. The number of halogens is 2. The molecule has 4 heteroatoms. The van der Waals surface area contributed by atoms with Crippen molar-refractivity contribution in [2.24, 2.45) is 0 Å². The van der Waals surface area contributed by atoms with Gasteiger partial charge in [0, 0.05) is 22.8 Å². The minimum absolute atomic E-state index is 0.251. The van der Waals surface area contributed by atoms with Crippen molar-refractivity contribution in [1.29, 1.82) is 0 Å². The molecule has 3 rings (SSSR count). The van der Waals surface area contributed by atoms with Crippen molar-refractivity contribution < 1.29 is 9.13 Å². The molecule has 3 aromatic rings. The van der Waals surface area contributed by atoms with Crippen molar-refractivity contribution in [1.82, 2.24) is 0 Å². The highest BCUT2D eigenvalue weighted by Gasteiger charge is 2.07. The summed E-state index contributed by atoms with van der Waals surface area (Å²) in [5.74, 6) is 0.509. The summed E-state index contributed by atoms with van der Waals surface area (Å²) in [6, 6.07) is 18.1. The number of rotatable bonds is 6. The molecule has 0 aliphatic rings. The van der Waals surface area contributed by atoms with E-state index in [-0.39, 0.29) is 5.82 Å². The molecule has 134 valence electrons. The van der Waals surface area contributed by atoms with E-state index < -0.39 is 0 Å². The van der Waals surface area contributed by atoms with Gasteiger partial charge in [-0.3, -0.25) is 0 Å². The van der Waals surface area contributed by atoms with Crippen molar-refractivity contribution in [3.63, 3.8) is 0 Å². The van der Waals surface area contributed by atoms with Gasteiger partial charge in [0.05, 0.1) is 0 Å². The molecule has 0 unspecified atom stereocenters. The predicted octanol–water partition coefficient (Wildman–Crippen LogP) is 6.29. The molecule has 26 heavy (non-hydrogen) atoms. The van der Waals surface area contributed by atoms with E-state index in [1.54, 1.807) is 12.1 Å². The molecule has 0 aliphatic carbocycles. The van der Waals surface area contributed by atoms with Gasteiger partial charge in [0.15, 0.2) is 0 Å². The van der Waals surface area contributed by atoms with Crippen molar-refractivity contribution in [3.05, 3.63) is 93.8 Å². The van der Waals surface area contributed by atoms with Gasteiger partial charge >= 0.3 is 0 Å². The zero-order chi connectivity index (χ0) is 18.5. The summed E-state index contributed by atoms with van der Waals surface area (Å²) < 4.78 is 19.0. The Bertz CT molecular complexity index is 893. The molecule has 0 saturated heterocycles. The summed E-state index contributed by atoms with van der Waals surface area (Å²) in [6.07, 6.45) is 0. The van der Waals surface area contributed by atoms with Crippen LogP contribution in [0.5, 0.6) is 5.75 Å². The quantitative estimate of drug-likeness (QED) is 0.551. The summed E-state index contributed by atoms with van der Waals surface area (Å²) in [5.41, 5.74) is 5.45. The van der Waals surface area contributed by atoms with Crippen molar-refractivity contribution in [2.45, 2.75) is 27.0 Å². The smallest absolute Gasteiger partial charge is 0.124 e. The first-order valence-corrected chi connectivity index (χ1v) is 8.86. The molecular weight excluding hydrogens is 349 g/mol. The van der Waals surface area contributed by atoms with E-state index in [0.717, 1.165) is 22.6 Å². The Hall–Kier alpha value is -2.52. The Balaban J connectivity index is 1.73. The van der Waals surface area contributed by atoms with E-state index in [0.29, 0.717) is 18.2 Å². The van der Waals surface area contributed by atoms with Crippen LogP contribution in [-0.2, 0) is 13.2 Å². The summed E-state index contributed by atoms with van der Waals surface area (Å²) in [4.78, 5) is 0. The molecule has 0 fully saturated rings. The molecule has 1 N–H and O–H groups in total. The lowest BCUT2D eigenvalue weighted by Gasteiger charge is -2.15. The Morgan fingerprint density at radius 3 is 2.54 bits per heavy atom. The zero-order valence-corrected chi connectivity index (χ0v) is 15.6. The van der Waals surface area contributed by atoms with Crippen molar-refractivity contribution >= 4 is 17.3 Å². The van der Waals surface area contributed by atoms with Crippen LogP contribution < -0.4 is 10.1 Å². The van der Waals surface area contributed by atoms with Crippen LogP contribution in [0.25, 0.3) is 0 Å². The van der Waals surface area contributed by atoms with Crippen molar-refractivity contribution in [2.75, 3.05) is 5.32 Å². The van der Waals surface area contributed by atoms with Gasteiger partial charge in [-0.25, -0.2) is 4.39 Å². The normalized spacial score (nSPS) is 10.6. The summed E-state index contributed by atoms with van der Waals surface area (Å²) in [5, 5.41) is 4.12. The third-order valence-corrected chi connectivity index (χ3v) is 4.64. The van der Waals surface area contributed by atoms with Crippen LogP contribution in [0, 0.1) is 19.7 Å². The third-order valence-electron chi connectivity index (χ3n) is 4.40. The molecule has 0 amide bonds. The molecule has 0 radical (unpaired) electrons. The van der Waals surface area contributed by atoms with Gasteiger partial charge in [-0.2, -0.15) is 0 Å². The lowest BCUT2D eigenvalue weighted by molar-refractivity contribution is 0.303. The van der Waals surface area contributed by atoms with Crippen LogP contribution in [0.1, 0.15) is 22.3 Å². The van der Waals surface area contributed by atoms with Gasteiger partial charge in [-0.15, -0.1) is 0 Å². The Morgan fingerprint density at radius 2 is 1.77 bits per heavy atom. The Kier molecular flexibility index (Phi) is 5.79. The summed E-state index contributed by atoms with van der Waals surface area (Å²) in [7, 11) is 0. The molecule has 3 aromatic carbocycles. The van der Waals surface area contributed by atoms with Gasteiger partial charge in [0.2, 0.25) is 0 Å². The average molecular weight is 370 g/mol. The largest absolute Gasteiger partial charge is 0.489 e. The van der Waals surface area contributed by atoms with Crippen LogP contribution in [0.15, 0.2) is 60.7 Å². The predicted molar refractivity (Wildman–Crippen MR) is 105 cm³/mol. The van der Waals surface area contributed by atoms with Gasteiger partial charge in [-0.05, 0) is 66.9 Å². The maximum atomic E-state index is 13.0. The fourth-order valence-corrected chi connectivity index (χ4v) is 2.90. The Labute approximate surface area is 158 Å². The van der Waals surface area contributed by atoms with E-state index in [4.69, 9.17) is 16.3 Å². The number of anilines is 1. The molecule has 0 aromatic heterocycles. The molecule has 0 atom stereocenters.